The maximum absolute atomic E-state index is 12.0. The number of nitrogens with zero attached hydrogens (tertiary/aromatic N) is 1. The van der Waals surface area contributed by atoms with Crippen LogP contribution in [0.2, 0.25) is 0 Å². The third-order valence-electron chi connectivity index (χ3n) is 3.56. The van der Waals surface area contributed by atoms with E-state index in [9.17, 15) is 4.79 Å². The van der Waals surface area contributed by atoms with Crippen LogP contribution in [0, 0.1) is 12.8 Å². The van der Waals surface area contributed by atoms with E-state index in [0.29, 0.717) is 18.0 Å². The molecule has 1 atom stereocenters. The van der Waals surface area contributed by atoms with Crippen LogP contribution in [0.3, 0.4) is 0 Å². The lowest BCUT2D eigenvalue weighted by molar-refractivity contribution is 0.0948. The average molecular weight is 225 g/mol. The van der Waals surface area contributed by atoms with E-state index in [2.05, 4.69) is 24.0 Å². The van der Waals surface area contributed by atoms with Crippen molar-refractivity contribution in [3.8, 4) is 0 Å². The summed E-state index contributed by atoms with van der Waals surface area (Å²) < 4.78 is 0. The molecule has 0 saturated carbocycles. The van der Waals surface area contributed by atoms with Gasteiger partial charge >= 0.3 is 0 Å². The maximum atomic E-state index is 12.0. The van der Waals surface area contributed by atoms with Gasteiger partial charge in [0, 0.05) is 17.5 Å². The highest BCUT2D eigenvalue weighted by Crippen LogP contribution is 2.31. The molecule has 0 N–H and O–H groups in total. The number of carbonyl (C=O) groups excluding carboxylic acids is 1. The first kappa shape index (κ1) is 10.5. The molecule has 0 bridgehead atoms. The van der Waals surface area contributed by atoms with Crippen LogP contribution in [-0.4, -0.2) is 10.8 Å². The van der Waals surface area contributed by atoms with Crippen molar-refractivity contribution < 1.29 is 4.79 Å². The fourth-order valence-corrected chi connectivity index (χ4v) is 2.76. The third-order valence-corrected chi connectivity index (χ3v) is 3.56. The van der Waals surface area contributed by atoms with Gasteiger partial charge in [-0.1, -0.05) is 31.2 Å². The molecule has 1 aromatic heterocycles. The van der Waals surface area contributed by atoms with Crippen molar-refractivity contribution in [3.63, 3.8) is 0 Å². The zero-order chi connectivity index (χ0) is 12.0. The van der Waals surface area contributed by atoms with Gasteiger partial charge in [-0.15, -0.1) is 0 Å². The van der Waals surface area contributed by atoms with Gasteiger partial charge in [-0.25, -0.2) is 4.98 Å². The van der Waals surface area contributed by atoms with Gasteiger partial charge in [-0.05, 0) is 30.2 Å². The zero-order valence-corrected chi connectivity index (χ0v) is 10.2. The highest BCUT2D eigenvalue weighted by Gasteiger charge is 2.25. The molecule has 1 heterocycles. The summed E-state index contributed by atoms with van der Waals surface area (Å²) in [5.74, 6) is 0.635. The molecule has 0 saturated heterocycles. The monoisotopic (exact) mass is 225 g/mol. The molecule has 0 aliphatic heterocycles. The lowest BCUT2D eigenvalue weighted by Gasteiger charge is -2.22. The van der Waals surface area contributed by atoms with Gasteiger partial charge in [0.05, 0.1) is 0 Å². The number of pyridine rings is 1. The Morgan fingerprint density at radius 1 is 1.18 bits per heavy atom. The van der Waals surface area contributed by atoms with Gasteiger partial charge in [0.1, 0.15) is 5.69 Å². The van der Waals surface area contributed by atoms with Crippen molar-refractivity contribution in [2.45, 2.75) is 26.7 Å². The molecule has 17 heavy (non-hydrogen) atoms. The number of benzene rings is 1. The predicted molar refractivity (Wildman–Crippen MR) is 68.3 cm³/mol. The van der Waals surface area contributed by atoms with Crippen LogP contribution in [0.25, 0.3) is 10.8 Å². The Balaban J connectivity index is 2.38. The van der Waals surface area contributed by atoms with E-state index in [1.165, 1.54) is 10.8 Å². The van der Waals surface area contributed by atoms with E-state index < -0.39 is 0 Å². The van der Waals surface area contributed by atoms with E-state index in [1.807, 2.05) is 19.1 Å². The van der Waals surface area contributed by atoms with Crippen molar-refractivity contribution in [2.75, 3.05) is 0 Å². The zero-order valence-electron chi connectivity index (χ0n) is 10.2. The maximum Gasteiger partial charge on any atom is 0.181 e. The Hall–Kier alpha value is -1.70. The molecule has 0 fully saturated rings. The summed E-state index contributed by atoms with van der Waals surface area (Å²) >= 11 is 0. The quantitative estimate of drug-likeness (QED) is 0.688. The minimum Gasteiger partial charge on any atom is -0.292 e. The first-order valence-corrected chi connectivity index (χ1v) is 6.08. The van der Waals surface area contributed by atoms with Crippen LogP contribution in [0.4, 0.5) is 0 Å². The number of fused-ring (bicyclic) bond motifs is 3. The number of hydrogen-bond acceptors (Lipinski definition) is 2. The molecule has 2 nitrogen and oxygen atoms in total. The summed E-state index contributed by atoms with van der Waals surface area (Å²) in [4.78, 5) is 16.5. The van der Waals surface area contributed by atoms with Crippen LogP contribution in [0.15, 0.2) is 24.3 Å². The fourth-order valence-electron chi connectivity index (χ4n) is 2.76. The number of hydrogen-bond donors (Lipinski definition) is 0. The van der Waals surface area contributed by atoms with E-state index >= 15 is 0 Å². The Morgan fingerprint density at radius 3 is 2.65 bits per heavy atom. The largest absolute Gasteiger partial charge is 0.292 e. The van der Waals surface area contributed by atoms with Crippen molar-refractivity contribution in [2.24, 2.45) is 5.92 Å². The normalized spacial score (nSPS) is 19.4. The van der Waals surface area contributed by atoms with E-state index in [4.69, 9.17) is 0 Å². The summed E-state index contributed by atoms with van der Waals surface area (Å²) in [5.41, 5.74) is 2.82. The molecule has 2 heteroatoms. The smallest absolute Gasteiger partial charge is 0.181 e. The minimum absolute atomic E-state index is 0.201. The van der Waals surface area contributed by atoms with Crippen LogP contribution in [0.5, 0.6) is 0 Å². The second-order valence-corrected chi connectivity index (χ2v) is 5.01. The Morgan fingerprint density at radius 2 is 1.88 bits per heavy atom. The standard InChI is InChI=1S/C15H15NO/c1-9-7-13-12-6-4-3-5-11(12)10(2)16-15(13)14(17)8-9/h3-6,9H,7-8H2,1-2H3. The van der Waals surface area contributed by atoms with Crippen LogP contribution >= 0.6 is 0 Å². The van der Waals surface area contributed by atoms with Gasteiger partial charge in [-0.2, -0.15) is 0 Å². The summed E-state index contributed by atoms with van der Waals surface area (Å²) in [6, 6.07) is 8.25. The molecule has 1 aliphatic rings. The first-order valence-electron chi connectivity index (χ1n) is 6.08. The highest BCUT2D eigenvalue weighted by molar-refractivity contribution is 6.02. The second kappa shape index (κ2) is 3.66. The van der Waals surface area contributed by atoms with Crippen molar-refractivity contribution in [3.05, 3.63) is 41.2 Å². The molecule has 86 valence electrons. The van der Waals surface area contributed by atoms with E-state index in [1.54, 1.807) is 0 Å². The molecule has 0 amide bonds. The molecular formula is C15H15NO. The second-order valence-electron chi connectivity index (χ2n) is 5.01. The predicted octanol–water partition coefficient (Wildman–Crippen LogP) is 3.31. The molecule has 0 spiro atoms. The summed E-state index contributed by atoms with van der Waals surface area (Å²) in [7, 11) is 0. The van der Waals surface area contributed by atoms with E-state index in [0.717, 1.165) is 17.7 Å². The Bertz CT molecular complexity index is 616. The number of carbonyl (C=O) groups is 1. The van der Waals surface area contributed by atoms with E-state index in [-0.39, 0.29) is 5.78 Å². The SMILES string of the molecule is Cc1nc2c(c3ccccc13)CC(C)CC2=O. The highest BCUT2D eigenvalue weighted by atomic mass is 16.1. The number of aromatic nitrogens is 1. The molecule has 2 aromatic rings. The topological polar surface area (TPSA) is 30.0 Å². The van der Waals surface area contributed by atoms with Crippen molar-refractivity contribution in [1.82, 2.24) is 4.98 Å². The lowest BCUT2D eigenvalue weighted by atomic mass is 9.84. The van der Waals surface area contributed by atoms with Gasteiger partial charge in [0.25, 0.3) is 0 Å². The molecule has 1 aliphatic carbocycles. The van der Waals surface area contributed by atoms with Crippen LogP contribution in [0.1, 0.15) is 35.1 Å². The number of rotatable bonds is 0. The van der Waals surface area contributed by atoms with Crippen molar-refractivity contribution in [1.29, 1.82) is 0 Å². The average Bonchev–Trinajstić information content (AvgIpc) is 2.31. The fraction of sp³-hybridized carbons (Fsp3) is 0.333. The Kier molecular flexibility index (Phi) is 2.25. The summed E-state index contributed by atoms with van der Waals surface area (Å²) in [5, 5.41) is 2.38. The summed E-state index contributed by atoms with van der Waals surface area (Å²) in [6.07, 6.45) is 1.60. The molecule has 1 aromatic carbocycles. The van der Waals surface area contributed by atoms with Crippen LogP contribution in [-0.2, 0) is 6.42 Å². The number of Topliss-reactive ketones (excluding diaryl/α,β-unsaturated/α-hetero) is 1. The van der Waals surface area contributed by atoms with Crippen molar-refractivity contribution >= 4 is 16.6 Å². The first-order chi connectivity index (χ1) is 8.16. The minimum atomic E-state index is 0.201. The van der Waals surface area contributed by atoms with Crippen LogP contribution < -0.4 is 0 Å². The molecule has 1 unspecified atom stereocenters. The van der Waals surface area contributed by atoms with Gasteiger partial charge < -0.3 is 0 Å². The third kappa shape index (κ3) is 1.55. The van der Waals surface area contributed by atoms with Gasteiger partial charge in [-0.3, -0.25) is 4.79 Å². The lowest BCUT2D eigenvalue weighted by Crippen LogP contribution is -2.20. The number of ketones is 1. The van der Waals surface area contributed by atoms with Gasteiger partial charge in [0.15, 0.2) is 5.78 Å². The molecule has 0 radical (unpaired) electrons. The molecular weight excluding hydrogens is 210 g/mol. The van der Waals surface area contributed by atoms with Gasteiger partial charge in [0.2, 0.25) is 0 Å². The Labute approximate surface area is 101 Å². The number of aryl methyl sites for hydroxylation is 1. The summed E-state index contributed by atoms with van der Waals surface area (Å²) in [6.45, 7) is 4.11. The molecule has 3 rings (SSSR count).